The van der Waals surface area contributed by atoms with Crippen molar-refractivity contribution < 1.29 is 9.59 Å². The summed E-state index contributed by atoms with van der Waals surface area (Å²) in [7, 11) is 0. The maximum absolute atomic E-state index is 12.3. The van der Waals surface area contributed by atoms with Gasteiger partial charge in [-0.1, -0.05) is 30.3 Å². The topological polar surface area (TPSA) is 52.0 Å². The van der Waals surface area contributed by atoms with Gasteiger partial charge in [0.2, 0.25) is 5.78 Å². The third-order valence-corrected chi connectivity index (χ3v) is 2.97. The molecule has 2 heterocycles. The van der Waals surface area contributed by atoms with Crippen molar-refractivity contribution in [3.8, 4) is 0 Å². The maximum Gasteiger partial charge on any atom is 0.279 e. The van der Waals surface area contributed by atoms with Crippen molar-refractivity contribution in [2.75, 3.05) is 0 Å². The predicted octanol–water partition coefficient (Wildman–Crippen LogP) is 2.11. The number of rotatable bonds is 1. The van der Waals surface area contributed by atoms with Gasteiger partial charge < -0.3 is 0 Å². The van der Waals surface area contributed by atoms with Gasteiger partial charge in [0.05, 0.1) is 11.8 Å². The predicted molar refractivity (Wildman–Crippen MR) is 66.3 cm³/mol. The van der Waals surface area contributed by atoms with Crippen LogP contribution in [0, 0.1) is 6.92 Å². The summed E-state index contributed by atoms with van der Waals surface area (Å²) in [5, 5.41) is 3.97. The van der Waals surface area contributed by atoms with E-state index in [2.05, 4.69) is 5.10 Å². The van der Waals surface area contributed by atoms with Crippen LogP contribution in [-0.4, -0.2) is 21.5 Å². The van der Waals surface area contributed by atoms with E-state index in [0.717, 1.165) is 11.1 Å². The van der Waals surface area contributed by atoms with Crippen molar-refractivity contribution in [3.63, 3.8) is 0 Å². The molecule has 0 radical (unpaired) electrons. The zero-order chi connectivity index (χ0) is 12.7. The largest absolute Gasteiger partial charge is 0.287 e. The number of nitrogens with zero attached hydrogens (tertiary/aromatic N) is 2. The molecule has 4 nitrogen and oxygen atoms in total. The number of aryl methyl sites for hydroxylation is 1. The fourth-order valence-electron chi connectivity index (χ4n) is 2.08. The Labute approximate surface area is 104 Å². The Morgan fingerprint density at radius 1 is 1.11 bits per heavy atom. The first kappa shape index (κ1) is 10.7. The highest BCUT2D eigenvalue weighted by molar-refractivity contribution is 6.30. The van der Waals surface area contributed by atoms with Gasteiger partial charge >= 0.3 is 0 Å². The number of fused-ring (bicyclic) bond motifs is 1. The fraction of sp³-hybridized carbons (Fsp3) is 0.0714. The van der Waals surface area contributed by atoms with Crippen LogP contribution < -0.4 is 0 Å². The molecule has 1 aliphatic rings. The number of allylic oxidation sites excluding steroid dienone is 2. The van der Waals surface area contributed by atoms with E-state index in [-0.39, 0.29) is 11.7 Å². The van der Waals surface area contributed by atoms with Gasteiger partial charge in [-0.3, -0.25) is 9.59 Å². The molecule has 1 aromatic carbocycles. The second kappa shape index (κ2) is 3.77. The molecule has 0 unspecified atom stereocenters. The Balaban J connectivity index is 2.16. The van der Waals surface area contributed by atoms with Gasteiger partial charge in [-0.15, -0.1) is 0 Å². The normalized spacial score (nSPS) is 14.4. The maximum atomic E-state index is 12.3. The summed E-state index contributed by atoms with van der Waals surface area (Å²) in [6, 6.07) is 9.13. The van der Waals surface area contributed by atoms with Gasteiger partial charge in [-0.2, -0.15) is 9.78 Å². The molecule has 88 valence electrons. The van der Waals surface area contributed by atoms with Gasteiger partial charge in [0.25, 0.3) is 5.91 Å². The minimum atomic E-state index is -0.260. The summed E-state index contributed by atoms with van der Waals surface area (Å²) < 4.78 is 1.18. The number of hydrogen-bond acceptors (Lipinski definition) is 3. The molecule has 0 N–H and O–H groups in total. The van der Waals surface area contributed by atoms with E-state index in [1.54, 1.807) is 19.1 Å². The monoisotopic (exact) mass is 238 g/mol. The van der Waals surface area contributed by atoms with E-state index in [1.165, 1.54) is 17.0 Å². The van der Waals surface area contributed by atoms with Gasteiger partial charge in [0, 0.05) is 6.08 Å². The molecular weight excluding hydrogens is 228 g/mol. The highest BCUT2D eigenvalue weighted by Crippen LogP contribution is 2.24. The first-order valence-electron chi connectivity index (χ1n) is 5.59. The zero-order valence-electron chi connectivity index (χ0n) is 9.75. The molecule has 1 aromatic heterocycles. The van der Waals surface area contributed by atoms with Crippen LogP contribution in [0.3, 0.4) is 0 Å². The fourth-order valence-corrected chi connectivity index (χ4v) is 2.08. The molecule has 0 bridgehead atoms. The molecule has 0 saturated heterocycles. The van der Waals surface area contributed by atoms with Gasteiger partial charge in [0.15, 0.2) is 0 Å². The Morgan fingerprint density at radius 3 is 2.56 bits per heavy atom. The van der Waals surface area contributed by atoms with Crippen LogP contribution in [0.5, 0.6) is 0 Å². The lowest BCUT2D eigenvalue weighted by atomic mass is 9.99. The van der Waals surface area contributed by atoms with Crippen LogP contribution >= 0.6 is 0 Å². The first-order valence-corrected chi connectivity index (χ1v) is 5.59. The molecule has 0 spiro atoms. The molecule has 4 heteroatoms. The lowest BCUT2D eigenvalue weighted by Gasteiger charge is -2.13. The van der Waals surface area contributed by atoms with E-state index in [4.69, 9.17) is 0 Å². The Bertz CT molecular complexity index is 681. The number of aromatic nitrogens is 2. The summed E-state index contributed by atoms with van der Waals surface area (Å²) >= 11 is 0. The molecule has 0 amide bonds. The molecule has 1 aliphatic heterocycles. The number of carbonyl (C=O) groups is 2. The highest BCUT2D eigenvalue weighted by Gasteiger charge is 2.28. The molecule has 0 aliphatic carbocycles. The molecule has 0 saturated carbocycles. The summed E-state index contributed by atoms with van der Waals surface area (Å²) in [6.45, 7) is 1.77. The van der Waals surface area contributed by atoms with Gasteiger partial charge in [-0.25, -0.2) is 0 Å². The highest BCUT2D eigenvalue weighted by atomic mass is 16.2. The average Bonchev–Trinajstić information content (AvgIpc) is 2.78. The van der Waals surface area contributed by atoms with E-state index >= 15 is 0 Å². The molecule has 18 heavy (non-hydrogen) atoms. The van der Waals surface area contributed by atoms with Crippen LogP contribution in [0.4, 0.5) is 0 Å². The summed E-state index contributed by atoms with van der Waals surface area (Å²) in [5.41, 5.74) is 2.20. The van der Waals surface area contributed by atoms with E-state index in [9.17, 15) is 9.59 Å². The second-order valence-corrected chi connectivity index (χ2v) is 4.18. The second-order valence-electron chi connectivity index (χ2n) is 4.18. The Hall–Kier alpha value is -2.49. The quantitative estimate of drug-likeness (QED) is 0.764. The zero-order valence-corrected chi connectivity index (χ0v) is 9.75. The first-order chi connectivity index (χ1) is 8.68. The van der Waals surface area contributed by atoms with E-state index < -0.39 is 0 Å². The summed E-state index contributed by atoms with van der Waals surface area (Å²) in [4.78, 5) is 24.3. The van der Waals surface area contributed by atoms with Crippen LogP contribution in [-0.2, 0) is 0 Å². The van der Waals surface area contributed by atoms with Gasteiger partial charge in [-0.05, 0) is 18.1 Å². The number of ketones is 1. The number of hydrogen-bond donors (Lipinski definition) is 0. The standard InChI is InChI=1S/C14H10N2O2/c1-9-8-15-16-13(9)12(17)7-11(14(16)18)10-5-3-2-4-6-10/h2-8H,1H3. The third kappa shape index (κ3) is 1.43. The number of benzene rings is 1. The minimum absolute atomic E-state index is 0.177. The van der Waals surface area contributed by atoms with Crippen LogP contribution in [0.25, 0.3) is 5.57 Å². The molecule has 0 fully saturated rings. The average molecular weight is 238 g/mol. The molecular formula is C14H10N2O2. The Kier molecular flexibility index (Phi) is 2.23. The van der Waals surface area contributed by atoms with Crippen molar-refractivity contribution in [2.45, 2.75) is 6.92 Å². The van der Waals surface area contributed by atoms with Crippen molar-refractivity contribution in [1.82, 2.24) is 9.78 Å². The van der Waals surface area contributed by atoms with Crippen molar-refractivity contribution in [1.29, 1.82) is 0 Å². The lowest BCUT2D eigenvalue weighted by Crippen LogP contribution is -2.24. The smallest absolute Gasteiger partial charge is 0.279 e. The Morgan fingerprint density at radius 2 is 1.83 bits per heavy atom. The SMILES string of the molecule is Cc1cnn2c1C(=O)C=C(c1ccccc1)C2=O. The van der Waals surface area contributed by atoms with Crippen molar-refractivity contribution >= 4 is 17.3 Å². The molecule has 0 atom stereocenters. The van der Waals surface area contributed by atoms with Gasteiger partial charge in [0.1, 0.15) is 5.69 Å². The lowest BCUT2D eigenvalue weighted by molar-refractivity contribution is 0.0922. The van der Waals surface area contributed by atoms with Crippen molar-refractivity contribution in [3.05, 3.63) is 59.4 Å². The number of carbonyl (C=O) groups excluding carboxylic acids is 2. The third-order valence-electron chi connectivity index (χ3n) is 2.97. The van der Waals surface area contributed by atoms with Crippen LogP contribution in [0.2, 0.25) is 0 Å². The molecule has 3 rings (SSSR count). The summed E-state index contributed by atoms with van der Waals surface area (Å²) in [5.74, 6) is -0.438. The minimum Gasteiger partial charge on any atom is -0.287 e. The van der Waals surface area contributed by atoms with E-state index in [0.29, 0.717) is 11.3 Å². The van der Waals surface area contributed by atoms with Crippen LogP contribution in [0.15, 0.2) is 42.6 Å². The summed E-state index contributed by atoms with van der Waals surface area (Å²) in [6.07, 6.45) is 2.93. The molecule has 2 aromatic rings. The van der Waals surface area contributed by atoms with Crippen molar-refractivity contribution in [2.24, 2.45) is 0 Å². The van der Waals surface area contributed by atoms with E-state index in [1.807, 2.05) is 18.2 Å². The van der Waals surface area contributed by atoms with Crippen LogP contribution in [0.1, 0.15) is 26.4 Å².